The standard InChI is InChI=1S/C20H16F2N2O4/c1-13-3-2-4-17-23-15(11-18(25)24(13)17)12-27-19(26)10-7-14-5-8-16(9-6-14)28-20(21)22/h2-11,20H,12H2,1H3/b10-7+. The summed E-state index contributed by atoms with van der Waals surface area (Å²) in [6.07, 6.45) is 2.67. The van der Waals surface area contributed by atoms with E-state index >= 15 is 0 Å². The number of pyridine rings is 1. The third-order valence-corrected chi connectivity index (χ3v) is 3.81. The van der Waals surface area contributed by atoms with Crippen molar-refractivity contribution in [3.63, 3.8) is 0 Å². The van der Waals surface area contributed by atoms with Crippen molar-refractivity contribution in [2.75, 3.05) is 0 Å². The molecule has 0 bridgehead atoms. The predicted molar refractivity (Wildman–Crippen MR) is 98.1 cm³/mol. The first-order chi connectivity index (χ1) is 13.4. The number of aryl methyl sites for hydroxylation is 1. The maximum Gasteiger partial charge on any atom is 0.387 e. The first-order valence-corrected chi connectivity index (χ1v) is 8.30. The Morgan fingerprint density at radius 3 is 2.68 bits per heavy atom. The van der Waals surface area contributed by atoms with Crippen LogP contribution in [0.25, 0.3) is 11.7 Å². The summed E-state index contributed by atoms with van der Waals surface area (Å²) < 4.78 is 35.0. The van der Waals surface area contributed by atoms with Gasteiger partial charge in [0.25, 0.3) is 5.56 Å². The number of nitrogens with zero attached hydrogens (tertiary/aromatic N) is 2. The van der Waals surface area contributed by atoms with E-state index in [-0.39, 0.29) is 17.9 Å². The lowest BCUT2D eigenvalue weighted by atomic mass is 10.2. The Morgan fingerprint density at radius 2 is 1.96 bits per heavy atom. The highest BCUT2D eigenvalue weighted by atomic mass is 19.3. The van der Waals surface area contributed by atoms with Crippen molar-refractivity contribution in [2.24, 2.45) is 0 Å². The lowest BCUT2D eigenvalue weighted by molar-refractivity contribution is -0.139. The highest BCUT2D eigenvalue weighted by Gasteiger charge is 2.06. The second kappa shape index (κ2) is 8.43. The third-order valence-electron chi connectivity index (χ3n) is 3.81. The molecule has 1 aromatic carbocycles. The SMILES string of the molecule is Cc1cccc2nc(COC(=O)/C=C/c3ccc(OC(F)F)cc3)cc(=O)n12. The molecule has 28 heavy (non-hydrogen) atoms. The molecule has 3 rings (SSSR count). The predicted octanol–water partition coefficient (Wildman–Crippen LogP) is 3.36. The van der Waals surface area contributed by atoms with Crippen molar-refractivity contribution >= 4 is 17.7 Å². The van der Waals surface area contributed by atoms with Crippen molar-refractivity contribution in [1.29, 1.82) is 0 Å². The molecular formula is C20H16F2N2O4. The zero-order valence-electron chi connectivity index (χ0n) is 14.8. The van der Waals surface area contributed by atoms with Gasteiger partial charge in [-0.15, -0.1) is 0 Å². The Balaban J connectivity index is 1.62. The molecule has 0 amide bonds. The van der Waals surface area contributed by atoms with Gasteiger partial charge in [0.1, 0.15) is 18.0 Å². The van der Waals surface area contributed by atoms with Crippen LogP contribution in [-0.4, -0.2) is 22.0 Å². The second-order valence-corrected chi connectivity index (χ2v) is 5.84. The first-order valence-electron chi connectivity index (χ1n) is 8.30. The van der Waals surface area contributed by atoms with Crippen LogP contribution in [0, 0.1) is 6.92 Å². The van der Waals surface area contributed by atoms with E-state index in [1.54, 1.807) is 25.1 Å². The number of hydrogen-bond donors (Lipinski definition) is 0. The summed E-state index contributed by atoms with van der Waals surface area (Å²) in [6.45, 7) is -1.24. The quantitative estimate of drug-likeness (QED) is 0.480. The summed E-state index contributed by atoms with van der Waals surface area (Å²) in [7, 11) is 0. The molecule has 3 aromatic rings. The van der Waals surface area contributed by atoms with Gasteiger partial charge in [0.2, 0.25) is 0 Å². The number of halogens is 2. The van der Waals surface area contributed by atoms with Gasteiger partial charge < -0.3 is 9.47 Å². The van der Waals surface area contributed by atoms with E-state index in [2.05, 4.69) is 9.72 Å². The van der Waals surface area contributed by atoms with Gasteiger partial charge >= 0.3 is 12.6 Å². The van der Waals surface area contributed by atoms with E-state index in [0.717, 1.165) is 5.69 Å². The zero-order chi connectivity index (χ0) is 20.1. The minimum absolute atomic E-state index is 0.0265. The van der Waals surface area contributed by atoms with Crippen LogP contribution in [0.15, 0.2) is 59.4 Å². The van der Waals surface area contributed by atoms with E-state index in [1.807, 2.05) is 0 Å². The monoisotopic (exact) mass is 386 g/mol. The Bertz CT molecular complexity index is 1080. The van der Waals surface area contributed by atoms with Gasteiger partial charge in [-0.2, -0.15) is 8.78 Å². The van der Waals surface area contributed by atoms with Gasteiger partial charge in [0.05, 0.1) is 5.69 Å². The third kappa shape index (κ3) is 4.79. The molecule has 0 N–H and O–H groups in total. The minimum atomic E-state index is -2.89. The minimum Gasteiger partial charge on any atom is -0.456 e. The Labute approximate surface area is 158 Å². The molecular weight excluding hydrogens is 370 g/mol. The Kier molecular flexibility index (Phi) is 5.78. The molecule has 0 spiro atoms. The number of carbonyl (C=O) groups excluding carboxylic acids is 1. The molecule has 144 valence electrons. The Hall–Kier alpha value is -3.55. The number of hydrogen-bond acceptors (Lipinski definition) is 5. The molecule has 0 saturated heterocycles. The first kappa shape index (κ1) is 19.2. The van der Waals surface area contributed by atoms with Gasteiger partial charge in [-0.1, -0.05) is 18.2 Å². The molecule has 0 radical (unpaired) electrons. The number of aromatic nitrogens is 2. The topological polar surface area (TPSA) is 69.9 Å². The molecule has 0 saturated carbocycles. The van der Waals surface area contributed by atoms with Crippen LogP contribution in [0.2, 0.25) is 0 Å². The number of alkyl halides is 2. The lowest BCUT2D eigenvalue weighted by Crippen LogP contribution is -2.18. The molecule has 0 atom stereocenters. The number of esters is 1. The van der Waals surface area contributed by atoms with Gasteiger partial charge in [-0.05, 0) is 42.8 Å². The molecule has 0 aliphatic rings. The maximum atomic E-state index is 12.2. The molecule has 0 aliphatic heterocycles. The molecule has 6 nitrogen and oxygen atoms in total. The molecule has 8 heteroatoms. The Morgan fingerprint density at radius 1 is 1.21 bits per heavy atom. The van der Waals surface area contributed by atoms with E-state index in [4.69, 9.17) is 4.74 Å². The van der Waals surface area contributed by atoms with Crippen molar-refractivity contribution < 1.29 is 23.0 Å². The number of benzene rings is 1. The molecule has 2 aromatic heterocycles. The fourth-order valence-corrected chi connectivity index (χ4v) is 2.56. The van der Waals surface area contributed by atoms with Crippen LogP contribution in [0.5, 0.6) is 5.75 Å². The molecule has 0 aliphatic carbocycles. The number of fused-ring (bicyclic) bond motifs is 1. The molecule has 0 fully saturated rings. The molecule has 0 unspecified atom stereocenters. The van der Waals surface area contributed by atoms with Crippen LogP contribution < -0.4 is 10.3 Å². The molecule has 2 heterocycles. The van der Waals surface area contributed by atoms with Crippen molar-refractivity contribution in [1.82, 2.24) is 9.38 Å². The van der Waals surface area contributed by atoms with Crippen molar-refractivity contribution in [3.05, 3.63) is 81.9 Å². The average molecular weight is 386 g/mol. The maximum absolute atomic E-state index is 12.2. The zero-order valence-corrected chi connectivity index (χ0v) is 14.8. The van der Waals surface area contributed by atoms with E-state index in [0.29, 0.717) is 16.9 Å². The summed E-state index contributed by atoms with van der Waals surface area (Å²) in [6, 6.07) is 12.4. The van der Waals surface area contributed by atoms with Crippen LogP contribution >= 0.6 is 0 Å². The fourth-order valence-electron chi connectivity index (χ4n) is 2.56. The summed E-state index contributed by atoms with van der Waals surface area (Å²) in [5.41, 5.74) is 1.92. The summed E-state index contributed by atoms with van der Waals surface area (Å²) in [4.78, 5) is 28.3. The second-order valence-electron chi connectivity index (χ2n) is 5.84. The van der Waals surface area contributed by atoms with Crippen molar-refractivity contribution in [3.8, 4) is 5.75 Å². The number of carbonyl (C=O) groups is 1. The lowest BCUT2D eigenvalue weighted by Gasteiger charge is -2.06. The largest absolute Gasteiger partial charge is 0.456 e. The fraction of sp³-hybridized carbons (Fsp3) is 0.150. The van der Waals surface area contributed by atoms with Crippen LogP contribution in [0.4, 0.5) is 8.78 Å². The summed E-state index contributed by atoms with van der Waals surface area (Å²) in [5.74, 6) is -0.599. The van der Waals surface area contributed by atoms with Crippen molar-refractivity contribution in [2.45, 2.75) is 20.1 Å². The van der Waals surface area contributed by atoms with E-state index < -0.39 is 12.6 Å². The van der Waals surface area contributed by atoms with Gasteiger partial charge in [-0.25, -0.2) is 9.78 Å². The normalized spacial score (nSPS) is 11.3. The summed E-state index contributed by atoms with van der Waals surface area (Å²) in [5, 5.41) is 0. The number of rotatable bonds is 6. The van der Waals surface area contributed by atoms with Crippen LogP contribution in [-0.2, 0) is 16.1 Å². The smallest absolute Gasteiger partial charge is 0.387 e. The average Bonchev–Trinajstić information content (AvgIpc) is 2.65. The van der Waals surface area contributed by atoms with Gasteiger partial charge in [0, 0.05) is 17.8 Å². The van der Waals surface area contributed by atoms with E-state index in [9.17, 15) is 18.4 Å². The summed E-state index contributed by atoms with van der Waals surface area (Å²) >= 11 is 0. The van der Waals surface area contributed by atoms with Crippen LogP contribution in [0.3, 0.4) is 0 Å². The van der Waals surface area contributed by atoms with Gasteiger partial charge in [0.15, 0.2) is 0 Å². The van der Waals surface area contributed by atoms with E-state index in [1.165, 1.54) is 46.9 Å². The highest BCUT2D eigenvalue weighted by Crippen LogP contribution is 2.15. The van der Waals surface area contributed by atoms with Crippen LogP contribution in [0.1, 0.15) is 17.0 Å². The van der Waals surface area contributed by atoms with Gasteiger partial charge in [-0.3, -0.25) is 9.20 Å². The number of ether oxygens (including phenoxy) is 2. The highest BCUT2D eigenvalue weighted by molar-refractivity contribution is 5.87.